The van der Waals surface area contributed by atoms with Gasteiger partial charge in [-0.3, -0.25) is 0 Å². The van der Waals surface area contributed by atoms with Crippen molar-refractivity contribution in [3.05, 3.63) is 42.1 Å². The lowest BCUT2D eigenvalue weighted by molar-refractivity contribution is 0.332. The van der Waals surface area contributed by atoms with Gasteiger partial charge in [-0.1, -0.05) is 6.92 Å². The first-order valence-corrected chi connectivity index (χ1v) is 6.42. The Morgan fingerprint density at radius 2 is 2.00 bits per heavy atom. The molecule has 2 rings (SSSR count). The van der Waals surface area contributed by atoms with Crippen LogP contribution in [0.15, 0.2) is 30.6 Å². The molecule has 0 atom stereocenters. The van der Waals surface area contributed by atoms with E-state index in [9.17, 15) is 4.39 Å². The fourth-order valence-electron chi connectivity index (χ4n) is 1.68. The molecule has 3 N–H and O–H groups in total. The Balaban J connectivity index is 1.83. The summed E-state index contributed by atoms with van der Waals surface area (Å²) in [7, 11) is 0. The third-order valence-electron chi connectivity index (χ3n) is 2.74. The van der Waals surface area contributed by atoms with Gasteiger partial charge in [0.25, 0.3) is 0 Å². The lowest BCUT2D eigenvalue weighted by Gasteiger charge is -2.09. The number of benzene rings is 1. The van der Waals surface area contributed by atoms with Crippen molar-refractivity contribution in [2.24, 2.45) is 0 Å². The van der Waals surface area contributed by atoms with Crippen molar-refractivity contribution in [3.63, 3.8) is 0 Å². The van der Waals surface area contributed by atoms with Crippen molar-refractivity contribution in [1.29, 1.82) is 0 Å². The second kappa shape index (κ2) is 6.70. The molecule has 0 fully saturated rings. The Bertz CT molecular complexity index is 560. The van der Waals surface area contributed by atoms with Crippen molar-refractivity contribution in [3.8, 4) is 5.75 Å². The van der Waals surface area contributed by atoms with Crippen LogP contribution in [-0.4, -0.2) is 23.1 Å². The zero-order valence-corrected chi connectivity index (χ0v) is 11.3. The summed E-state index contributed by atoms with van der Waals surface area (Å²) in [5, 5.41) is 2.89. The number of nitrogens with zero attached hydrogens (tertiary/aromatic N) is 2. The van der Waals surface area contributed by atoms with Crippen LogP contribution in [-0.2, 0) is 6.42 Å². The highest BCUT2D eigenvalue weighted by Gasteiger charge is 2.08. The van der Waals surface area contributed by atoms with Crippen molar-refractivity contribution in [2.45, 2.75) is 13.3 Å². The molecular formula is C14H17FN4O. The molecule has 2 aromatic rings. The molecule has 0 bridgehead atoms. The van der Waals surface area contributed by atoms with Crippen molar-refractivity contribution in [1.82, 2.24) is 9.97 Å². The molecule has 5 nitrogen and oxygen atoms in total. The maximum absolute atomic E-state index is 13.8. The van der Waals surface area contributed by atoms with Gasteiger partial charge in [-0.15, -0.1) is 0 Å². The van der Waals surface area contributed by atoms with Crippen LogP contribution in [0.2, 0.25) is 0 Å². The van der Waals surface area contributed by atoms with E-state index in [-0.39, 0.29) is 5.82 Å². The average molecular weight is 276 g/mol. The van der Waals surface area contributed by atoms with Gasteiger partial charge in [-0.25, -0.2) is 14.4 Å². The summed E-state index contributed by atoms with van der Waals surface area (Å²) in [6, 6.07) is 7.10. The molecule has 1 heterocycles. The first-order chi connectivity index (χ1) is 9.70. The van der Waals surface area contributed by atoms with Crippen molar-refractivity contribution >= 4 is 11.5 Å². The predicted molar refractivity (Wildman–Crippen MR) is 76.2 cm³/mol. The minimum atomic E-state index is -0.400. The highest BCUT2D eigenvalue weighted by Crippen LogP contribution is 2.14. The van der Waals surface area contributed by atoms with E-state index in [0.717, 1.165) is 5.75 Å². The first kappa shape index (κ1) is 14.0. The molecule has 0 spiro atoms. The van der Waals surface area contributed by atoms with E-state index < -0.39 is 5.82 Å². The van der Waals surface area contributed by atoms with Crippen LogP contribution in [0.3, 0.4) is 0 Å². The number of hydrogen-bond donors (Lipinski definition) is 2. The van der Waals surface area contributed by atoms with E-state index in [1.165, 1.54) is 6.33 Å². The molecule has 1 aromatic heterocycles. The SMILES string of the molecule is CCc1ncnc(NCCOc2ccc(N)cc2)c1F. The van der Waals surface area contributed by atoms with Crippen molar-refractivity contribution < 1.29 is 9.13 Å². The molecule has 0 amide bonds. The van der Waals surface area contributed by atoms with Gasteiger partial charge in [-0.05, 0) is 30.7 Å². The molecule has 0 saturated heterocycles. The van der Waals surface area contributed by atoms with Crippen LogP contribution in [0, 0.1) is 5.82 Å². The van der Waals surface area contributed by atoms with Gasteiger partial charge >= 0.3 is 0 Å². The Labute approximate surface area is 117 Å². The van der Waals surface area contributed by atoms with Crippen LogP contribution in [0.25, 0.3) is 0 Å². The zero-order chi connectivity index (χ0) is 14.4. The van der Waals surface area contributed by atoms with Crippen molar-refractivity contribution in [2.75, 3.05) is 24.2 Å². The molecule has 0 aliphatic carbocycles. The Morgan fingerprint density at radius 3 is 2.70 bits per heavy atom. The second-order valence-corrected chi connectivity index (χ2v) is 4.18. The topological polar surface area (TPSA) is 73.1 Å². The lowest BCUT2D eigenvalue weighted by Crippen LogP contribution is -2.14. The number of halogens is 1. The fourth-order valence-corrected chi connectivity index (χ4v) is 1.68. The summed E-state index contributed by atoms with van der Waals surface area (Å²) in [4.78, 5) is 7.75. The minimum Gasteiger partial charge on any atom is -0.492 e. The zero-order valence-electron chi connectivity index (χ0n) is 11.3. The van der Waals surface area contributed by atoms with E-state index in [2.05, 4.69) is 15.3 Å². The smallest absolute Gasteiger partial charge is 0.186 e. The number of nitrogens with one attached hydrogen (secondary N) is 1. The summed E-state index contributed by atoms with van der Waals surface area (Å²) in [5.41, 5.74) is 6.67. The van der Waals surface area contributed by atoms with Gasteiger partial charge in [0.1, 0.15) is 18.7 Å². The van der Waals surface area contributed by atoms with Gasteiger partial charge in [0.2, 0.25) is 0 Å². The molecule has 0 radical (unpaired) electrons. The highest BCUT2D eigenvalue weighted by atomic mass is 19.1. The van der Waals surface area contributed by atoms with Crippen LogP contribution in [0.1, 0.15) is 12.6 Å². The van der Waals surface area contributed by atoms with E-state index in [1.807, 2.05) is 6.92 Å². The predicted octanol–water partition coefficient (Wildman–Crippen LogP) is 2.25. The van der Waals surface area contributed by atoms with Gasteiger partial charge < -0.3 is 15.8 Å². The Hall–Kier alpha value is -2.37. The van der Waals surface area contributed by atoms with Crippen LogP contribution in [0.4, 0.5) is 15.9 Å². The summed E-state index contributed by atoms with van der Waals surface area (Å²) >= 11 is 0. The summed E-state index contributed by atoms with van der Waals surface area (Å²) < 4.78 is 19.3. The molecule has 0 unspecified atom stereocenters. The van der Waals surface area contributed by atoms with Gasteiger partial charge in [-0.2, -0.15) is 0 Å². The number of rotatable bonds is 6. The second-order valence-electron chi connectivity index (χ2n) is 4.18. The fraction of sp³-hybridized carbons (Fsp3) is 0.286. The summed E-state index contributed by atoms with van der Waals surface area (Å²) in [6.45, 7) is 2.69. The number of nitrogens with two attached hydrogens (primary N) is 1. The lowest BCUT2D eigenvalue weighted by atomic mass is 10.3. The monoisotopic (exact) mass is 276 g/mol. The molecule has 0 saturated carbocycles. The number of aromatic nitrogens is 2. The Kier molecular flexibility index (Phi) is 4.70. The summed E-state index contributed by atoms with van der Waals surface area (Å²) in [5.74, 6) is 0.527. The van der Waals surface area contributed by atoms with Gasteiger partial charge in [0.05, 0.1) is 12.2 Å². The van der Waals surface area contributed by atoms with Crippen LogP contribution >= 0.6 is 0 Å². The van der Waals surface area contributed by atoms with Crippen LogP contribution in [0.5, 0.6) is 5.75 Å². The third-order valence-corrected chi connectivity index (χ3v) is 2.74. The highest BCUT2D eigenvalue weighted by molar-refractivity contribution is 5.41. The van der Waals surface area contributed by atoms with E-state index in [0.29, 0.717) is 31.0 Å². The molecule has 6 heteroatoms. The molecule has 1 aromatic carbocycles. The number of ether oxygens (including phenoxy) is 1. The van der Waals surface area contributed by atoms with Gasteiger partial charge in [0.15, 0.2) is 11.6 Å². The number of hydrogen-bond acceptors (Lipinski definition) is 5. The molecular weight excluding hydrogens is 259 g/mol. The number of aryl methyl sites for hydroxylation is 1. The van der Waals surface area contributed by atoms with E-state index in [4.69, 9.17) is 10.5 Å². The summed E-state index contributed by atoms with van der Waals surface area (Å²) in [6.07, 6.45) is 1.88. The molecule has 20 heavy (non-hydrogen) atoms. The largest absolute Gasteiger partial charge is 0.492 e. The normalized spacial score (nSPS) is 10.3. The minimum absolute atomic E-state index is 0.206. The van der Waals surface area contributed by atoms with Crippen LogP contribution < -0.4 is 15.8 Å². The van der Waals surface area contributed by atoms with E-state index in [1.54, 1.807) is 24.3 Å². The molecule has 106 valence electrons. The molecule has 0 aliphatic heterocycles. The third kappa shape index (κ3) is 3.57. The van der Waals surface area contributed by atoms with E-state index >= 15 is 0 Å². The Morgan fingerprint density at radius 1 is 1.25 bits per heavy atom. The number of nitrogen functional groups attached to an aromatic ring is 1. The molecule has 0 aliphatic rings. The standard InChI is InChI=1S/C14H17FN4O/c1-2-12-13(15)14(19-9-18-12)17-7-8-20-11-5-3-10(16)4-6-11/h3-6,9H,2,7-8,16H2,1H3,(H,17,18,19). The number of anilines is 2. The first-order valence-electron chi connectivity index (χ1n) is 6.42. The maximum Gasteiger partial charge on any atom is 0.186 e. The average Bonchev–Trinajstić information content (AvgIpc) is 2.47. The quantitative estimate of drug-likeness (QED) is 0.625. The maximum atomic E-state index is 13.8. The van der Waals surface area contributed by atoms with Gasteiger partial charge in [0, 0.05) is 5.69 Å².